The lowest BCUT2D eigenvalue weighted by Crippen LogP contribution is -2.43. The van der Waals surface area contributed by atoms with E-state index in [0.717, 1.165) is 0 Å². The molecule has 31 heavy (non-hydrogen) atoms. The van der Waals surface area contributed by atoms with Gasteiger partial charge < -0.3 is 35.2 Å². The summed E-state index contributed by atoms with van der Waals surface area (Å²) < 4.78 is 65.5. The Labute approximate surface area is 172 Å². The predicted octanol–water partition coefficient (Wildman–Crippen LogP) is -0.264. The fraction of sp³-hybridized carbons (Fsp3) is 0.636. The molecule has 1 aromatic rings. The van der Waals surface area contributed by atoms with Crippen LogP contribution in [0.15, 0.2) is 11.0 Å². The summed E-state index contributed by atoms with van der Waals surface area (Å²) >= 11 is 0. The van der Waals surface area contributed by atoms with Crippen LogP contribution in [0.25, 0.3) is 0 Å². The monoisotopic (exact) mass is 513 g/mol. The van der Waals surface area contributed by atoms with Crippen molar-refractivity contribution >= 4 is 29.3 Å². The average molecular weight is 513 g/mol. The fourth-order valence-electron chi connectivity index (χ4n) is 2.68. The van der Waals surface area contributed by atoms with Gasteiger partial charge in [-0.05, 0) is 6.42 Å². The van der Waals surface area contributed by atoms with Gasteiger partial charge in [-0.15, -0.1) is 0 Å². The van der Waals surface area contributed by atoms with E-state index in [1.54, 1.807) is 0 Å². The van der Waals surface area contributed by atoms with Gasteiger partial charge in [0, 0.05) is 6.42 Å². The molecule has 0 spiro atoms. The topological polar surface area (TPSA) is 250 Å². The molecule has 178 valence electrons. The van der Waals surface area contributed by atoms with Gasteiger partial charge in [-0.25, -0.2) is 22.9 Å². The number of nitrogens with two attached hydrogens (primary N) is 1. The zero-order chi connectivity index (χ0) is 23.8. The molecular weight excluding hydrogens is 494 g/mol. The summed E-state index contributed by atoms with van der Waals surface area (Å²) in [5.74, 6) is -1.70. The van der Waals surface area contributed by atoms with Gasteiger partial charge in [-0.3, -0.25) is 9.09 Å². The molecule has 0 radical (unpaired) electrons. The number of aliphatic hydroxyl groups is 1. The highest BCUT2D eigenvalue weighted by atomic mass is 31.3. The van der Waals surface area contributed by atoms with Crippen LogP contribution < -0.4 is 11.4 Å². The van der Waals surface area contributed by atoms with E-state index >= 15 is 0 Å². The van der Waals surface area contributed by atoms with Crippen LogP contribution in [0.1, 0.15) is 26.0 Å². The van der Waals surface area contributed by atoms with Gasteiger partial charge in [-0.2, -0.15) is 13.6 Å². The molecule has 0 amide bonds. The molecule has 1 fully saturated rings. The van der Waals surface area contributed by atoms with E-state index in [1.807, 2.05) is 0 Å². The smallest absolute Gasteiger partial charge is 0.390 e. The average Bonchev–Trinajstić information content (AvgIpc) is 2.90. The van der Waals surface area contributed by atoms with Gasteiger partial charge >= 0.3 is 29.2 Å². The molecule has 0 saturated carbocycles. The zero-order valence-corrected chi connectivity index (χ0v) is 18.2. The van der Waals surface area contributed by atoms with E-state index < -0.39 is 65.3 Å². The molecule has 0 bridgehead atoms. The number of hydrogen-bond donors (Lipinski definition) is 6. The second-order valence-corrected chi connectivity index (χ2v) is 10.7. The predicted molar refractivity (Wildman–Crippen MR) is 96.5 cm³/mol. The van der Waals surface area contributed by atoms with Crippen molar-refractivity contribution in [1.82, 2.24) is 9.55 Å². The number of ether oxygens (including phenoxy) is 1. The molecule has 5 atom stereocenters. The van der Waals surface area contributed by atoms with Crippen LogP contribution in [0.4, 0.5) is 10.2 Å². The normalized spacial score (nSPS) is 28.2. The van der Waals surface area contributed by atoms with Crippen molar-refractivity contribution in [3.8, 4) is 0 Å². The molecule has 0 aromatic carbocycles. The summed E-state index contributed by atoms with van der Waals surface area (Å²) in [5, 5.41) is 10.4. The number of phosphoric ester groups is 1. The highest BCUT2D eigenvalue weighted by molar-refractivity contribution is 7.66. The van der Waals surface area contributed by atoms with Crippen molar-refractivity contribution in [2.45, 2.75) is 37.7 Å². The highest BCUT2D eigenvalue weighted by Gasteiger charge is 2.50. The fourth-order valence-corrected chi connectivity index (χ4v) is 5.76. The molecule has 1 saturated heterocycles. The van der Waals surface area contributed by atoms with Gasteiger partial charge in [0.15, 0.2) is 11.6 Å². The minimum absolute atomic E-state index is 0.0972. The molecule has 1 aliphatic rings. The molecule has 1 aliphatic heterocycles. The first kappa shape index (κ1) is 26.2. The van der Waals surface area contributed by atoms with Crippen LogP contribution in [-0.4, -0.2) is 52.5 Å². The third-order valence-electron chi connectivity index (χ3n) is 4.13. The van der Waals surface area contributed by atoms with E-state index in [4.69, 9.17) is 25.2 Å². The molecule has 2 rings (SSSR count). The Morgan fingerprint density at radius 2 is 1.90 bits per heavy atom. The van der Waals surface area contributed by atoms with Gasteiger partial charge in [0.1, 0.15) is 11.8 Å². The lowest BCUT2D eigenvalue weighted by Gasteiger charge is -2.31. The number of rotatable bonds is 9. The largest absolute Gasteiger partial charge is 0.490 e. The number of aromatic nitrogens is 2. The highest BCUT2D eigenvalue weighted by Crippen LogP contribution is 2.66. The van der Waals surface area contributed by atoms with E-state index in [2.05, 4.69) is 18.1 Å². The molecule has 0 aliphatic carbocycles. The molecule has 7 N–H and O–H groups in total. The SMILES string of the molecule is CC[C@]1(COP(=O)(O)OP(=O)(O)OP(=O)(O)O)O[C@@H](n2cc(F)c(N)nc2=O)C[C@@H]1O. The van der Waals surface area contributed by atoms with Crippen molar-refractivity contribution in [3.05, 3.63) is 22.5 Å². The first-order valence-electron chi connectivity index (χ1n) is 8.17. The second-order valence-electron chi connectivity index (χ2n) is 6.27. The summed E-state index contributed by atoms with van der Waals surface area (Å²) in [6, 6.07) is 0. The molecular formula is C11H19FN3O13P3. The first-order chi connectivity index (χ1) is 14.0. The number of anilines is 1. The van der Waals surface area contributed by atoms with E-state index in [1.165, 1.54) is 6.92 Å². The maximum absolute atomic E-state index is 13.7. The number of aliphatic hydroxyl groups excluding tert-OH is 1. The van der Waals surface area contributed by atoms with Gasteiger partial charge in [0.25, 0.3) is 0 Å². The maximum Gasteiger partial charge on any atom is 0.490 e. The maximum atomic E-state index is 13.7. The Morgan fingerprint density at radius 3 is 2.45 bits per heavy atom. The standard InChI is InChI=1S/C11H19FN3O13P3/c1-2-11(5-25-30(21,22)28-31(23,24)27-29(18,19)20)7(16)3-8(26-11)15-4-6(12)9(13)14-10(15)17/h4,7-8,16H,2-3,5H2,1H3,(H,21,22)(H,23,24)(H2,13,14,17)(H2,18,19,20)/t7-,8+,11+/m0/s1. The van der Waals surface area contributed by atoms with Crippen molar-refractivity contribution in [2.24, 2.45) is 0 Å². The Kier molecular flexibility index (Phi) is 7.65. The third kappa shape index (κ3) is 6.71. The quantitative estimate of drug-likeness (QED) is 0.233. The van der Waals surface area contributed by atoms with Gasteiger partial charge in [-0.1, -0.05) is 6.92 Å². The number of halogens is 1. The van der Waals surface area contributed by atoms with Gasteiger partial charge in [0.05, 0.1) is 18.9 Å². The number of phosphoric acid groups is 3. The zero-order valence-electron chi connectivity index (χ0n) is 15.5. The third-order valence-corrected chi connectivity index (χ3v) is 7.92. The van der Waals surface area contributed by atoms with Crippen LogP contribution in [-0.2, 0) is 31.6 Å². The van der Waals surface area contributed by atoms with Crippen molar-refractivity contribution < 1.29 is 60.6 Å². The Morgan fingerprint density at radius 1 is 1.29 bits per heavy atom. The Bertz CT molecular complexity index is 1030. The minimum atomic E-state index is -5.73. The van der Waals surface area contributed by atoms with Crippen LogP contribution in [0.5, 0.6) is 0 Å². The van der Waals surface area contributed by atoms with Crippen LogP contribution >= 0.6 is 23.5 Å². The summed E-state index contributed by atoms with van der Waals surface area (Å²) in [6.45, 7) is 0.501. The van der Waals surface area contributed by atoms with E-state index in [0.29, 0.717) is 10.8 Å². The van der Waals surface area contributed by atoms with Crippen LogP contribution in [0.3, 0.4) is 0 Å². The van der Waals surface area contributed by atoms with Gasteiger partial charge in [0.2, 0.25) is 0 Å². The second kappa shape index (κ2) is 9.06. The van der Waals surface area contributed by atoms with Crippen LogP contribution in [0.2, 0.25) is 0 Å². The van der Waals surface area contributed by atoms with E-state index in [-0.39, 0.29) is 12.8 Å². The Balaban J connectivity index is 2.17. The molecule has 1 aromatic heterocycles. The first-order valence-corrected chi connectivity index (χ1v) is 12.7. The molecule has 16 nitrogen and oxygen atoms in total. The van der Waals surface area contributed by atoms with Crippen molar-refractivity contribution in [3.63, 3.8) is 0 Å². The lowest BCUT2D eigenvalue weighted by molar-refractivity contribution is -0.128. The number of hydrogen-bond acceptors (Lipinski definition) is 11. The summed E-state index contributed by atoms with van der Waals surface area (Å²) in [7, 11) is -16.8. The van der Waals surface area contributed by atoms with Crippen molar-refractivity contribution in [1.29, 1.82) is 0 Å². The Hall–Kier alpha value is -1.06. The lowest BCUT2D eigenvalue weighted by atomic mass is 9.95. The minimum Gasteiger partial charge on any atom is -0.390 e. The van der Waals surface area contributed by atoms with Crippen molar-refractivity contribution in [2.75, 3.05) is 12.3 Å². The number of nitrogens with zero attached hydrogens (tertiary/aromatic N) is 2. The molecule has 20 heteroatoms. The number of nitrogen functional groups attached to an aromatic ring is 1. The van der Waals surface area contributed by atoms with E-state index in [9.17, 15) is 32.9 Å². The molecule has 2 unspecified atom stereocenters. The molecule has 2 heterocycles. The van der Waals surface area contributed by atoms with Crippen LogP contribution in [0, 0.1) is 5.82 Å². The summed E-state index contributed by atoms with van der Waals surface area (Å²) in [5.41, 5.74) is 2.42. The summed E-state index contributed by atoms with van der Waals surface area (Å²) in [6.07, 6.45) is -2.44. The summed E-state index contributed by atoms with van der Waals surface area (Å²) in [4.78, 5) is 50.9.